The van der Waals surface area contributed by atoms with Gasteiger partial charge in [-0.15, -0.1) is 0 Å². The zero-order valence-electron chi connectivity index (χ0n) is 9.52. The maximum Gasteiger partial charge on any atom is 0.201 e. The summed E-state index contributed by atoms with van der Waals surface area (Å²) in [4.78, 5) is 4.12. The van der Waals surface area contributed by atoms with Crippen molar-refractivity contribution in [1.82, 2.24) is 9.55 Å². The monoisotopic (exact) mass is 307 g/mol. The fourth-order valence-corrected chi connectivity index (χ4v) is 2.46. The zero-order chi connectivity index (χ0) is 13.5. The number of fused-ring (bicyclic) bond motifs is 1. The minimum absolute atomic E-state index is 0.0110. The summed E-state index contributed by atoms with van der Waals surface area (Å²) in [6.45, 7) is 0.235. The third-order valence-electron chi connectivity index (χ3n) is 2.51. The summed E-state index contributed by atoms with van der Waals surface area (Å²) < 4.78 is 24.0. The molecule has 98 valence electrons. The summed E-state index contributed by atoms with van der Waals surface area (Å²) in [5.41, 5.74) is 7.02. The van der Waals surface area contributed by atoms with Gasteiger partial charge in [0.1, 0.15) is 9.84 Å². The molecule has 8 heteroatoms. The lowest BCUT2D eigenvalue weighted by atomic mass is 10.3. The van der Waals surface area contributed by atoms with E-state index < -0.39 is 9.84 Å². The molecule has 0 aliphatic rings. The minimum Gasteiger partial charge on any atom is -0.369 e. The van der Waals surface area contributed by atoms with Crippen LogP contribution in [0.4, 0.5) is 5.95 Å². The van der Waals surface area contributed by atoms with Crippen molar-refractivity contribution in [3.63, 3.8) is 0 Å². The lowest BCUT2D eigenvalue weighted by Crippen LogP contribution is -2.12. The van der Waals surface area contributed by atoms with E-state index in [2.05, 4.69) is 4.98 Å². The summed E-state index contributed by atoms with van der Waals surface area (Å²) in [6.07, 6.45) is 1.17. The van der Waals surface area contributed by atoms with Crippen molar-refractivity contribution in [3.05, 3.63) is 22.2 Å². The van der Waals surface area contributed by atoms with Crippen molar-refractivity contribution in [2.45, 2.75) is 6.54 Å². The van der Waals surface area contributed by atoms with E-state index in [1.165, 1.54) is 6.26 Å². The Kier molecular flexibility index (Phi) is 3.44. The molecular weight excluding hydrogens is 297 g/mol. The second-order valence-electron chi connectivity index (χ2n) is 4.01. The number of hydrogen-bond donors (Lipinski definition) is 1. The van der Waals surface area contributed by atoms with Crippen molar-refractivity contribution in [2.24, 2.45) is 0 Å². The van der Waals surface area contributed by atoms with Gasteiger partial charge >= 0.3 is 0 Å². The van der Waals surface area contributed by atoms with E-state index in [0.29, 0.717) is 21.1 Å². The van der Waals surface area contributed by atoms with Crippen molar-refractivity contribution in [2.75, 3.05) is 17.7 Å². The number of aromatic nitrogens is 2. The molecule has 0 spiro atoms. The first-order chi connectivity index (χ1) is 8.28. The molecule has 0 aliphatic heterocycles. The third-order valence-corrected chi connectivity index (χ3v) is 4.15. The molecule has 0 saturated heterocycles. The van der Waals surface area contributed by atoms with Crippen LogP contribution in [0.2, 0.25) is 10.0 Å². The number of halogens is 2. The van der Waals surface area contributed by atoms with E-state index in [-0.39, 0.29) is 18.2 Å². The fraction of sp³-hybridized carbons (Fsp3) is 0.300. The van der Waals surface area contributed by atoms with Gasteiger partial charge in [-0.2, -0.15) is 0 Å². The van der Waals surface area contributed by atoms with Crippen LogP contribution in [-0.2, 0) is 16.4 Å². The average molecular weight is 308 g/mol. The van der Waals surface area contributed by atoms with Crippen LogP contribution < -0.4 is 5.73 Å². The standard InChI is InChI=1S/C10H11Cl2N3O2S/c1-18(16,17)3-2-15-9-5-7(12)6(11)4-8(9)14-10(15)13/h4-5H,2-3H2,1H3,(H2,13,14). The van der Waals surface area contributed by atoms with Crippen LogP contribution in [0.25, 0.3) is 11.0 Å². The molecule has 0 radical (unpaired) electrons. The second kappa shape index (κ2) is 4.60. The van der Waals surface area contributed by atoms with Gasteiger partial charge in [0.25, 0.3) is 0 Å². The van der Waals surface area contributed by atoms with Gasteiger partial charge in [0, 0.05) is 12.8 Å². The Balaban J connectivity index is 2.50. The Morgan fingerprint density at radius 1 is 1.33 bits per heavy atom. The van der Waals surface area contributed by atoms with Crippen LogP contribution in [-0.4, -0.2) is 30.0 Å². The Morgan fingerprint density at radius 2 is 1.94 bits per heavy atom. The first-order valence-electron chi connectivity index (χ1n) is 5.06. The smallest absolute Gasteiger partial charge is 0.201 e. The molecule has 0 saturated carbocycles. The lowest BCUT2D eigenvalue weighted by molar-refractivity contribution is 0.596. The predicted molar refractivity (Wildman–Crippen MR) is 73.9 cm³/mol. The molecule has 2 N–H and O–H groups in total. The SMILES string of the molecule is CS(=O)(=O)CCn1c(N)nc2cc(Cl)c(Cl)cc21. The number of nitrogens with two attached hydrogens (primary N) is 1. The summed E-state index contributed by atoms with van der Waals surface area (Å²) in [7, 11) is -3.07. The quantitative estimate of drug-likeness (QED) is 0.940. The van der Waals surface area contributed by atoms with Gasteiger partial charge in [0.2, 0.25) is 5.95 Å². The number of sulfone groups is 1. The van der Waals surface area contributed by atoms with E-state index in [1.54, 1.807) is 16.7 Å². The van der Waals surface area contributed by atoms with E-state index in [4.69, 9.17) is 28.9 Å². The van der Waals surface area contributed by atoms with Crippen LogP contribution >= 0.6 is 23.2 Å². The molecule has 0 aliphatic carbocycles. The largest absolute Gasteiger partial charge is 0.369 e. The fourth-order valence-electron chi connectivity index (χ4n) is 1.63. The highest BCUT2D eigenvalue weighted by Gasteiger charge is 2.12. The minimum atomic E-state index is -3.07. The highest BCUT2D eigenvalue weighted by atomic mass is 35.5. The first-order valence-corrected chi connectivity index (χ1v) is 7.88. The van der Waals surface area contributed by atoms with Crippen molar-refractivity contribution in [3.8, 4) is 0 Å². The molecule has 0 fully saturated rings. The molecule has 2 rings (SSSR count). The number of aryl methyl sites for hydroxylation is 1. The summed E-state index contributed by atoms with van der Waals surface area (Å²) in [5, 5.41) is 0.765. The normalized spacial score (nSPS) is 12.2. The molecule has 18 heavy (non-hydrogen) atoms. The number of nitrogen functional groups attached to an aromatic ring is 1. The summed E-state index contributed by atoms with van der Waals surface area (Å²) >= 11 is 11.8. The van der Waals surface area contributed by atoms with Crippen LogP contribution in [0.5, 0.6) is 0 Å². The highest BCUT2D eigenvalue weighted by molar-refractivity contribution is 7.90. The number of nitrogens with zero attached hydrogens (tertiary/aromatic N) is 2. The van der Waals surface area contributed by atoms with Gasteiger partial charge in [-0.1, -0.05) is 23.2 Å². The maximum atomic E-state index is 11.2. The van der Waals surface area contributed by atoms with Crippen molar-refractivity contribution >= 4 is 50.0 Å². The summed E-state index contributed by atoms with van der Waals surface area (Å²) in [5.74, 6) is 0.232. The van der Waals surface area contributed by atoms with Crippen LogP contribution in [0, 0.1) is 0 Å². The molecule has 0 amide bonds. The van der Waals surface area contributed by atoms with Gasteiger partial charge in [0.15, 0.2) is 0 Å². The topological polar surface area (TPSA) is 78.0 Å². The van der Waals surface area contributed by atoms with E-state index >= 15 is 0 Å². The van der Waals surface area contributed by atoms with Gasteiger partial charge in [-0.05, 0) is 12.1 Å². The van der Waals surface area contributed by atoms with Gasteiger partial charge in [-0.25, -0.2) is 13.4 Å². The first kappa shape index (κ1) is 13.5. The number of imidazole rings is 1. The number of benzene rings is 1. The van der Waals surface area contributed by atoms with Crippen LogP contribution in [0.1, 0.15) is 0 Å². The molecule has 5 nitrogen and oxygen atoms in total. The van der Waals surface area contributed by atoms with Crippen molar-refractivity contribution in [1.29, 1.82) is 0 Å². The third kappa shape index (κ3) is 2.71. The molecule has 0 bridgehead atoms. The Morgan fingerprint density at radius 3 is 2.56 bits per heavy atom. The lowest BCUT2D eigenvalue weighted by Gasteiger charge is -2.05. The number of hydrogen-bond acceptors (Lipinski definition) is 4. The van der Waals surface area contributed by atoms with E-state index in [1.807, 2.05) is 0 Å². The number of anilines is 1. The zero-order valence-corrected chi connectivity index (χ0v) is 11.8. The molecule has 1 aromatic carbocycles. The highest BCUT2D eigenvalue weighted by Crippen LogP contribution is 2.28. The van der Waals surface area contributed by atoms with E-state index in [0.717, 1.165) is 0 Å². The Labute approximate surface area is 114 Å². The predicted octanol–water partition coefficient (Wildman–Crippen LogP) is 1.97. The molecule has 1 heterocycles. The molecular formula is C10H11Cl2N3O2S. The van der Waals surface area contributed by atoms with Crippen LogP contribution in [0.15, 0.2) is 12.1 Å². The molecule has 1 aromatic heterocycles. The molecule has 0 atom stereocenters. The van der Waals surface area contributed by atoms with E-state index in [9.17, 15) is 8.42 Å². The number of rotatable bonds is 3. The molecule has 0 unspecified atom stereocenters. The Hall–Kier alpha value is -0.980. The van der Waals surface area contributed by atoms with Crippen LogP contribution in [0.3, 0.4) is 0 Å². The van der Waals surface area contributed by atoms with Gasteiger partial charge in [-0.3, -0.25) is 0 Å². The average Bonchev–Trinajstić information content (AvgIpc) is 2.51. The van der Waals surface area contributed by atoms with Gasteiger partial charge < -0.3 is 10.3 Å². The summed E-state index contributed by atoms with van der Waals surface area (Å²) in [6, 6.07) is 3.23. The maximum absolute atomic E-state index is 11.2. The van der Waals surface area contributed by atoms with Gasteiger partial charge in [0.05, 0.1) is 26.8 Å². The second-order valence-corrected chi connectivity index (χ2v) is 7.08. The molecule has 2 aromatic rings. The van der Waals surface area contributed by atoms with Crippen molar-refractivity contribution < 1.29 is 8.42 Å². The Bertz CT molecular complexity index is 709.